The molecule has 2 aromatic rings. The molecule has 0 N–H and O–H groups in total. The van der Waals surface area contributed by atoms with E-state index in [1.54, 1.807) is 0 Å². The first-order valence-corrected chi connectivity index (χ1v) is 5.54. The van der Waals surface area contributed by atoms with E-state index in [0.717, 1.165) is 0 Å². The number of benzene rings is 1. The zero-order valence-corrected chi connectivity index (χ0v) is 10.2. The van der Waals surface area contributed by atoms with Gasteiger partial charge in [0, 0.05) is 12.3 Å². The van der Waals surface area contributed by atoms with E-state index in [0.29, 0.717) is 12.1 Å². The summed E-state index contributed by atoms with van der Waals surface area (Å²) in [5, 5.41) is 0. The summed E-state index contributed by atoms with van der Waals surface area (Å²) in [7, 11) is 0. The molecule has 0 spiro atoms. The van der Waals surface area contributed by atoms with Gasteiger partial charge in [0.2, 0.25) is 5.88 Å². The fourth-order valence-electron chi connectivity index (χ4n) is 1.51. The molecule has 0 bridgehead atoms. The van der Waals surface area contributed by atoms with E-state index in [1.807, 2.05) is 0 Å². The maximum atomic E-state index is 12.6. The number of ether oxygens (including phenoxy) is 1. The first kappa shape index (κ1) is 15.1. The fourth-order valence-corrected chi connectivity index (χ4v) is 1.51. The molecule has 21 heavy (non-hydrogen) atoms. The summed E-state index contributed by atoms with van der Waals surface area (Å²) in [6, 6.07) is 5.34. The van der Waals surface area contributed by atoms with E-state index < -0.39 is 29.2 Å². The molecule has 2 rings (SSSR count). The number of hydrogen-bond donors (Lipinski definition) is 0. The minimum absolute atomic E-state index is 0.0330. The molecule has 0 saturated carbocycles. The number of pyridine rings is 1. The molecular formula is C13H7F6NO. The lowest BCUT2D eigenvalue weighted by molar-refractivity contribution is -0.143. The molecule has 0 fully saturated rings. The fraction of sp³-hybridized carbons (Fsp3) is 0.154. The predicted molar refractivity (Wildman–Crippen MR) is 60.8 cm³/mol. The summed E-state index contributed by atoms with van der Waals surface area (Å²) < 4.78 is 80.8. The van der Waals surface area contributed by atoms with Crippen LogP contribution in [0, 0.1) is 0 Å². The van der Waals surface area contributed by atoms with E-state index in [4.69, 9.17) is 4.74 Å². The van der Waals surface area contributed by atoms with Crippen molar-refractivity contribution in [3.8, 4) is 11.6 Å². The van der Waals surface area contributed by atoms with Crippen LogP contribution in [0.3, 0.4) is 0 Å². The number of halogens is 6. The minimum Gasteiger partial charge on any atom is -0.439 e. The summed E-state index contributed by atoms with van der Waals surface area (Å²) in [6.45, 7) is 0. The smallest absolute Gasteiger partial charge is 0.416 e. The van der Waals surface area contributed by atoms with Gasteiger partial charge in [-0.15, -0.1) is 0 Å². The lowest BCUT2D eigenvalue weighted by Gasteiger charge is -2.14. The lowest BCUT2D eigenvalue weighted by atomic mass is 10.1. The minimum atomic E-state index is -4.91. The first-order valence-electron chi connectivity index (χ1n) is 5.54. The highest BCUT2D eigenvalue weighted by molar-refractivity contribution is 5.39. The van der Waals surface area contributed by atoms with E-state index in [-0.39, 0.29) is 11.9 Å². The molecule has 0 unspecified atom stereocenters. The Balaban J connectivity index is 2.45. The van der Waals surface area contributed by atoms with E-state index in [1.165, 1.54) is 24.4 Å². The van der Waals surface area contributed by atoms with Crippen LogP contribution >= 0.6 is 0 Å². The van der Waals surface area contributed by atoms with Crippen molar-refractivity contribution in [3.63, 3.8) is 0 Å². The molecule has 0 atom stereocenters. The van der Waals surface area contributed by atoms with E-state index >= 15 is 0 Å². The third-order valence-electron chi connectivity index (χ3n) is 2.42. The zero-order chi connectivity index (χ0) is 15.7. The normalized spacial score (nSPS) is 12.3. The Morgan fingerprint density at radius 3 is 1.81 bits per heavy atom. The van der Waals surface area contributed by atoms with Crippen molar-refractivity contribution >= 4 is 0 Å². The summed E-state index contributed by atoms with van der Waals surface area (Å²) in [5.74, 6) is -0.694. The van der Waals surface area contributed by atoms with Gasteiger partial charge in [0.25, 0.3) is 0 Å². The molecule has 0 radical (unpaired) electrons. The van der Waals surface area contributed by atoms with Gasteiger partial charge in [0.05, 0.1) is 11.1 Å². The van der Waals surface area contributed by atoms with Crippen molar-refractivity contribution in [1.29, 1.82) is 0 Å². The van der Waals surface area contributed by atoms with Gasteiger partial charge in [0.15, 0.2) is 0 Å². The highest BCUT2D eigenvalue weighted by Crippen LogP contribution is 2.38. The van der Waals surface area contributed by atoms with Crippen LogP contribution in [-0.4, -0.2) is 4.98 Å². The molecule has 0 amide bonds. The Morgan fingerprint density at radius 1 is 0.810 bits per heavy atom. The van der Waals surface area contributed by atoms with Gasteiger partial charge in [-0.3, -0.25) is 0 Å². The second-order valence-corrected chi connectivity index (χ2v) is 4.01. The largest absolute Gasteiger partial charge is 0.439 e. The summed E-state index contributed by atoms with van der Waals surface area (Å²) in [6.07, 6.45) is -8.53. The number of alkyl halides is 6. The summed E-state index contributed by atoms with van der Waals surface area (Å²) in [5.41, 5.74) is -2.88. The molecule has 0 saturated heterocycles. The van der Waals surface area contributed by atoms with E-state index in [2.05, 4.69) is 4.98 Å². The average molecular weight is 307 g/mol. The Hall–Kier alpha value is -2.25. The highest BCUT2D eigenvalue weighted by atomic mass is 19.4. The number of nitrogens with zero attached hydrogens (tertiary/aromatic N) is 1. The van der Waals surface area contributed by atoms with Crippen LogP contribution in [-0.2, 0) is 12.4 Å². The monoisotopic (exact) mass is 307 g/mol. The summed E-state index contributed by atoms with van der Waals surface area (Å²) >= 11 is 0. The Bertz CT molecular complexity index is 589. The van der Waals surface area contributed by atoms with Gasteiger partial charge in [0.1, 0.15) is 5.75 Å². The van der Waals surface area contributed by atoms with Crippen LogP contribution in [0.25, 0.3) is 0 Å². The molecule has 0 aliphatic rings. The maximum Gasteiger partial charge on any atom is 0.416 e. The van der Waals surface area contributed by atoms with Crippen LogP contribution < -0.4 is 4.74 Å². The number of hydrogen-bond acceptors (Lipinski definition) is 2. The van der Waals surface area contributed by atoms with Crippen LogP contribution in [0.2, 0.25) is 0 Å². The van der Waals surface area contributed by atoms with Crippen molar-refractivity contribution in [2.45, 2.75) is 12.4 Å². The topological polar surface area (TPSA) is 22.1 Å². The SMILES string of the molecule is FC(F)(F)c1cc(Oc2ccccn2)cc(C(F)(F)F)c1. The van der Waals surface area contributed by atoms with Crippen LogP contribution in [0.1, 0.15) is 11.1 Å². The molecule has 0 aliphatic heterocycles. The lowest BCUT2D eigenvalue weighted by Crippen LogP contribution is -2.11. The molecule has 2 nitrogen and oxygen atoms in total. The van der Waals surface area contributed by atoms with Gasteiger partial charge in [-0.1, -0.05) is 6.07 Å². The molecule has 1 heterocycles. The van der Waals surface area contributed by atoms with Gasteiger partial charge >= 0.3 is 12.4 Å². The standard InChI is InChI=1S/C13H7F6NO/c14-12(15,16)8-5-9(13(17,18)19)7-10(6-8)21-11-3-1-2-4-20-11/h1-7H. The molecule has 1 aromatic carbocycles. The Labute approximate surface area is 115 Å². The predicted octanol–water partition coefficient (Wildman–Crippen LogP) is 4.91. The second-order valence-electron chi connectivity index (χ2n) is 4.01. The van der Waals surface area contributed by atoms with Gasteiger partial charge < -0.3 is 4.74 Å². The highest BCUT2D eigenvalue weighted by Gasteiger charge is 2.37. The van der Waals surface area contributed by atoms with Gasteiger partial charge in [-0.2, -0.15) is 26.3 Å². The number of rotatable bonds is 2. The third-order valence-corrected chi connectivity index (χ3v) is 2.42. The third kappa shape index (κ3) is 3.87. The molecule has 112 valence electrons. The molecule has 1 aromatic heterocycles. The quantitative estimate of drug-likeness (QED) is 0.735. The maximum absolute atomic E-state index is 12.6. The van der Waals surface area contributed by atoms with Crippen molar-refractivity contribution in [3.05, 3.63) is 53.7 Å². The molecular weight excluding hydrogens is 300 g/mol. The van der Waals surface area contributed by atoms with E-state index in [9.17, 15) is 26.3 Å². The van der Waals surface area contributed by atoms with Crippen molar-refractivity contribution in [1.82, 2.24) is 4.98 Å². The van der Waals surface area contributed by atoms with Crippen molar-refractivity contribution in [2.75, 3.05) is 0 Å². The first-order chi connectivity index (χ1) is 9.66. The molecule has 0 aliphatic carbocycles. The van der Waals surface area contributed by atoms with Gasteiger partial charge in [-0.05, 0) is 24.3 Å². The van der Waals surface area contributed by atoms with Gasteiger partial charge in [-0.25, -0.2) is 4.98 Å². The Kier molecular flexibility index (Phi) is 3.80. The van der Waals surface area contributed by atoms with Crippen LogP contribution in [0.5, 0.6) is 11.6 Å². The van der Waals surface area contributed by atoms with Crippen molar-refractivity contribution < 1.29 is 31.1 Å². The average Bonchev–Trinajstić information content (AvgIpc) is 2.37. The van der Waals surface area contributed by atoms with Crippen LogP contribution in [0.4, 0.5) is 26.3 Å². The van der Waals surface area contributed by atoms with Crippen LogP contribution in [0.15, 0.2) is 42.6 Å². The Morgan fingerprint density at radius 2 is 1.38 bits per heavy atom. The second kappa shape index (κ2) is 5.27. The number of aromatic nitrogens is 1. The molecule has 8 heteroatoms. The van der Waals surface area contributed by atoms with Crippen molar-refractivity contribution in [2.24, 2.45) is 0 Å². The zero-order valence-electron chi connectivity index (χ0n) is 10.2. The summed E-state index contributed by atoms with van der Waals surface area (Å²) in [4.78, 5) is 3.67.